The smallest absolute Gasteiger partial charge is 0.870 e. The first kappa shape index (κ1) is 31.0. The molecule has 0 aliphatic carbocycles. The number of carbonyl (C=O) groups is 2. The summed E-state index contributed by atoms with van der Waals surface area (Å²) >= 11 is 0. The molecule has 28 heavy (non-hydrogen) atoms. The van der Waals surface area contributed by atoms with Gasteiger partial charge in [-0.2, -0.15) is 0 Å². The van der Waals surface area contributed by atoms with Crippen molar-refractivity contribution >= 4 is 11.9 Å². The zero-order valence-electron chi connectivity index (χ0n) is 17.0. The molecule has 0 bridgehead atoms. The van der Waals surface area contributed by atoms with Crippen LogP contribution in [0.3, 0.4) is 0 Å². The van der Waals surface area contributed by atoms with E-state index in [2.05, 4.69) is 4.74 Å². The van der Waals surface area contributed by atoms with Gasteiger partial charge in [0.15, 0.2) is 0 Å². The second-order valence-corrected chi connectivity index (χ2v) is 5.83. The van der Waals surface area contributed by atoms with Gasteiger partial charge in [0, 0.05) is 0 Å². The second-order valence-electron chi connectivity index (χ2n) is 5.83. The molecule has 5 nitrogen and oxygen atoms in total. The number of rotatable bonds is 4. The summed E-state index contributed by atoms with van der Waals surface area (Å²) in [7, 11) is 1.40. The first-order valence-electron chi connectivity index (χ1n) is 8.34. The molecular formula is C22H31NaO5. The molecule has 2 rings (SSSR count). The van der Waals surface area contributed by atoms with E-state index in [1.165, 1.54) is 12.7 Å². The third kappa shape index (κ3) is 9.02. The molecule has 0 atom stereocenters. The minimum Gasteiger partial charge on any atom is -0.870 e. The van der Waals surface area contributed by atoms with Crippen LogP contribution >= 0.6 is 0 Å². The third-order valence-electron chi connectivity index (χ3n) is 3.92. The van der Waals surface area contributed by atoms with Gasteiger partial charge in [0.25, 0.3) is 0 Å². The molecule has 6 heteroatoms. The van der Waals surface area contributed by atoms with Crippen LogP contribution in [0.5, 0.6) is 0 Å². The predicted octanol–water partition coefficient (Wildman–Crippen LogP) is 2.06. The summed E-state index contributed by atoms with van der Waals surface area (Å²) in [5, 5.41) is 8.79. The molecule has 2 N–H and O–H groups in total. The molecule has 0 aromatic heterocycles. The largest absolute Gasteiger partial charge is 1.00 e. The van der Waals surface area contributed by atoms with Crippen molar-refractivity contribution in [1.29, 1.82) is 0 Å². The number of carboxylic acid groups (broad SMARTS) is 1. The first-order chi connectivity index (χ1) is 11.8. The molecule has 0 saturated heterocycles. The fourth-order valence-electron chi connectivity index (χ4n) is 2.55. The van der Waals surface area contributed by atoms with Gasteiger partial charge in [0.05, 0.1) is 18.2 Å². The topological polar surface area (TPSA) is 93.6 Å². The Hall–Kier alpha value is -1.66. The fourth-order valence-corrected chi connectivity index (χ4v) is 2.55. The Morgan fingerprint density at radius 3 is 1.64 bits per heavy atom. The summed E-state index contributed by atoms with van der Waals surface area (Å²) in [6, 6.07) is 11.2. The number of hydrogen-bond acceptors (Lipinski definition) is 4. The standard InChI is InChI=1S/C11H14O2.C10H12O2.CH4.Na.H2O/c1-4-9-7-8(2)5-6-10(9)11(12)13-3;1-3-8-6-7(2)4-5-9(8)10(11)12;;;/h5-7H,4H2,1-3H3;4-6H,3H2,1-2H3,(H,11,12);1H4;;1H2/q;;;+1;/p-1. The first-order valence-corrected chi connectivity index (χ1v) is 8.34. The maximum Gasteiger partial charge on any atom is 1.00 e. The van der Waals surface area contributed by atoms with Gasteiger partial charge in [0.1, 0.15) is 0 Å². The molecule has 0 heterocycles. The predicted molar refractivity (Wildman–Crippen MR) is 108 cm³/mol. The molecule has 0 saturated carbocycles. The summed E-state index contributed by atoms with van der Waals surface area (Å²) < 4.78 is 4.68. The molecule has 0 unspecified atom stereocenters. The number of carboxylic acids is 1. The Balaban J connectivity index is -0.000000404. The third-order valence-corrected chi connectivity index (χ3v) is 3.92. The minimum atomic E-state index is -0.841. The van der Waals surface area contributed by atoms with Crippen molar-refractivity contribution in [3.05, 3.63) is 69.8 Å². The number of carbonyl (C=O) groups excluding carboxylic acids is 1. The summed E-state index contributed by atoms with van der Waals surface area (Å²) in [6.45, 7) is 7.97. The zero-order valence-corrected chi connectivity index (χ0v) is 19.0. The Morgan fingerprint density at radius 2 is 1.29 bits per heavy atom. The molecular weight excluding hydrogens is 367 g/mol. The van der Waals surface area contributed by atoms with Crippen LogP contribution in [0.4, 0.5) is 0 Å². The van der Waals surface area contributed by atoms with E-state index < -0.39 is 5.97 Å². The second kappa shape index (κ2) is 15.3. The van der Waals surface area contributed by atoms with Crippen LogP contribution in [0.2, 0.25) is 0 Å². The van der Waals surface area contributed by atoms with Crippen LogP contribution in [0.15, 0.2) is 36.4 Å². The van der Waals surface area contributed by atoms with E-state index in [1.54, 1.807) is 6.07 Å². The van der Waals surface area contributed by atoms with E-state index in [9.17, 15) is 9.59 Å². The fraction of sp³-hybridized carbons (Fsp3) is 0.364. The van der Waals surface area contributed by atoms with Gasteiger partial charge in [0.2, 0.25) is 0 Å². The van der Waals surface area contributed by atoms with Crippen LogP contribution in [0.25, 0.3) is 0 Å². The molecule has 0 spiro atoms. The summed E-state index contributed by atoms with van der Waals surface area (Å²) in [5.74, 6) is -1.09. The van der Waals surface area contributed by atoms with E-state index in [4.69, 9.17) is 5.11 Å². The van der Waals surface area contributed by atoms with E-state index in [-0.39, 0.29) is 48.4 Å². The number of aromatic carboxylic acids is 1. The molecule has 0 amide bonds. The Kier molecular flexibility index (Phi) is 16.9. The van der Waals surface area contributed by atoms with Gasteiger partial charge in [-0.15, -0.1) is 0 Å². The number of aryl methyl sites for hydroxylation is 4. The number of ether oxygens (including phenoxy) is 1. The van der Waals surface area contributed by atoms with Crippen LogP contribution in [0.1, 0.15) is 64.2 Å². The zero-order chi connectivity index (χ0) is 19.0. The van der Waals surface area contributed by atoms with Crippen molar-refractivity contribution in [2.75, 3.05) is 7.11 Å². The van der Waals surface area contributed by atoms with Crippen molar-refractivity contribution in [2.24, 2.45) is 0 Å². The number of esters is 1. The maximum atomic E-state index is 11.3. The molecule has 2 aromatic carbocycles. The average molecular weight is 398 g/mol. The minimum absolute atomic E-state index is 0. The van der Waals surface area contributed by atoms with Crippen molar-refractivity contribution in [2.45, 2.75) is 48.0 Å². The summed E-state index contributed by atoms with van der Waals surface area (Å²) in [4.78, 5) is 22.0. The molecule has 0 aliphatic rings. The van der Waals surface area contributed by atoms with Gasteiger partial charge in [-0.1, -0.05) is 56.7 Å². The van der Waals surface area contributed by atoms with Crippen LogP contribution < -0.4 is 29.6 Å². The van der Waals surface area contributed by atoms with E-state index in [1.807, 2.05) is 58.0 Å². The van der Waals surface area contributed by atoms with Crippen LogP contribution in [-0.4, -0.2) is 29.6 Å². The van der Waals surface area contributed by atoms with Crippen molar-refractivity contribution in [3.8, 4) is 0 Å². The Labute approximate surface area is 190 Å². The van der Waals surface area contributed by atoms with Crippen LogP contribution in [0, 0.1) is 13.8 Å². The van der Waals surface area contributed by atoms with Gasteiger partial charge in [-0.25, -0.2) is 9.59 Å². The van der Waals surface area contributed by atoms with E-state index >= 15 is 0 Å². The van der Waals surface area contributed by atoms with Crippen LogP contribution in [-0.2, 0) is 17.6 Å². The monoisotopic (exact) mass is 398 g/mol. The number of methoxy groups -OCH3 is 1. The SMILES string of the molecule is C.CCc1cc(C)ccc1C(=O)O.CCc1cc(C)ccc1C(=O)OC.[Na+].[OH-]. The summed E-state index contributed by atoms with van der Waals surface area (Å²) in [5.41, 5.74) is 5.33. The normalized spacial score (nSPS) is 8.75. The van der Waals surface area contributed by atoms with Crippen molar-refractivity contribution < 1.29 is 54.5 Å². The Bertz CT molecular complexity index is 757. The quantitative estimate of drug-likeness (QED) is 0.629. The molecule has 0 aliphatic heterocycles. The average Bonchev–Trinajstić information content (AvgIpc) is 2.60. The van der Waals surface area contributed by atoms with Crippen molar-refractivity contribution in [1.82, 2.24) is 0 Å². The molecule has 2 aromatic rings. The summed E-state index contributed by atoms with van der Waals surface area (Å²) in [6.07, 6.45) is 1.62. The maximum absolute atomic E-state index is 11.3. The number of benzene rings is 2. The Morgan fingerprint density at radius 1 is 0.893 bits per heavy atom. The number of hydrogen-bond donors (Lipinski definition) is 1. The van der Waals surface area contributed by atoms with Gasteiger partial charge < -0.3 is 15.3 Å². The van der Waals surface area contributed by atoms with Crippen molar-refractivity contribution in [3.63, 3.8) is 0 Å². The molecule has 150 valence electrons. The van der Waals surface area contributed by atoms with E-state index in [0.29, 0.717) is 11.1 Å². The molecule has 0 fully saturated rings. The van der Waals surface area contributed by atoms with E-state index in [0.717, 1.165) is 29.5 Å². The van der Waals surface area contributed by atoms with Gasteiger partial charge in [-0.3, -0.25) is 0 Å². The molecule has 0 radical (unpaired) electrons. The van der Waals surface area contributed by atoms with Gasteiger partial charge >= 0.3 is 41.5 Å². The van der Waals surface area contributed by atoms with Gasteiger partial charge in [-0.05, 0) is 49.9 Å².